The molecule has 0 amide bonds. The molecule has 1 unspecified atom stereocenters. The van der Waals surface area contributed by atoms with Crippen LogP contribution in [0.3, 0.4) is 0 Å². The minimum absolute atomic E-state index is 0.339. The molecule has 0 aromatic heterocycles. The molecule has 3 fully saturated rings. The van der Waals surface area contributed by atoms with E-state index < -0.39 is 0 Å². The molecule has 3 rings (SSSR count). The maximum atomic E-state index is 9.68. The molecule has 6 atom stereocenters. The van der Waals surface area contributed by atoms with Crippen LogP contribution in [0, 0.1) is 35.0 Å². The average molecular weight is 343 g/mol. The van der Waals surface area contributed by atoms with Crippen molar-refractivity contribution in [3.05, 3.63) is 35.5 Å². The van der Waals surface area contributed by atoms with E-state index in [4.69, 9.17) is 0 Å². The van der Waals surface area contributed by atoms with Crippen LogP contribution in [0.15, 0.2) is 35.5 Å². The molecule has 3 aliphatic carbocycles. The Kier molecular flexibility index (Phi) is 5.63. The molecular formula is C24H38O. The first kappa shape index (κ1) is 19.0. The van der Waals surface area contributed by atoms with Gasteiger partial charge in [0.15, 0.2) is 0 Å². The molecule has 0 bridgehead atoms. The molecule has 0 spiro atoms. The monoisotopic (exact) mass is 342 g/mol. The Morgan fingerprint density at radius 2 is 2.04 bits per heavy atom. The number of hydrogen-bond donors (Lipinski definition) is 1. The first-order chi connectivity index (χ1) is 11.9. The second kappa shape index (κ2) is 7.43. The fourth-order valence-electron chi connectivity index (χ4n) is 6.38. The minimum atomic E-state index is 0.339. The molecule has 0 radical (unpaired) electrons. The molecule has 3 saturated carbocycles. The molecule has 3 aliphatic rings. The predicted molar refractivity (Wildman–Crippen MR) is 107 cm³/mol. The first-order valence-electron chi connectivity index (χ1n) is 10.6. The van der Waals surface area contributed by atoms with E-state index in [-0.39, 0.29) is 0 Å². The molecule has 140 valence electrons. The number of fused-ring (bicyclic) bond motifs is 1. The predicted octanol–water partition coefficient (Wildman–Crippen LogP) is 6.31. The van der Waals surface area contributed by atoms with Gasteiger partial charge in [0.25, 0.3) is 0 Å². The van der Waals surface area contributed by atoms with Crippen molar-refractivity contribution in [1.29, 1.82) is 0 Å². The van der Waals surface area contributed by atoms with Gasteiger partial charge >= 0.3 is 0 Å². The van der Waals surface area contributed by atoms with Gasteiger partial charge in [-0.2, -0.15) is 0 Å². The lowest BCUT2D eigenvalue weighted by atomic mass is 9.61. The summed E-state index contributed by atoms with van der Waals surface area (Å²) in [5.74, 6) is 3.26. The molecule has 0 aromatic carbocycles. The summed E-state index contributed by atoms with van der Waals surface area (Å²) in [5.41, 5.74) is 4.93. The van der Waals surface area contributed by atoms with Gasteiger partial charge in [-0.25, -0.2) is 0 Å². The average Bonchev–Trinajstić information content (AvgIpc) is 2.93. The lowest BCUT2D eigenvalue weighted by Gasteiger charge is -2.44. The van der Waals surface area contributed by atoms with Crippen molar-refractivity contribution in [2.45, 2.75) is 72.6 Å². The number of aliphatic hydroxyl groups is 1. The van der Waals surface area contributed by atoms with Crippen LogP contribution in [-0.2, 0) is 0 Å². The second-order valence-electron chi connectivity index (χ2n) is 9.66. The van der Waals surface area contributed by atoms with Gasteiger partial charge in [0.2, 0.25) is 0 Å². The van der Waals surface area contributed by atoms with Crippen molar-refractivity contribution in [2.75, 3.05) is 6.61 Å². The van der Waals surface area contributed by atoms with E-state index in [1.807, 2.05) is 0 Å². The topological polar surface area (TPSA) is 20.2 Å². The van der Waals surface area contributed by atoms with Gasteiger partial charge in [0.05, 0.1) is 0 Å². The van der Waals surface area contributed by atoms with Crippen molar-refractivity contribution >= 4 is 0 Å². The maximum Gasteiger partial charge on any atom is 0.0459 e. The number of aliphatic hydroxyl groups excluding tert-OH is 1. The van der Waals surface area contributed by atoms with E-state index in [9.17, 15) is 5.11 Å². The van der Waals surface area contributed by atoms with Crippen LogP contribution >= 0.6 is 0 Å². The fraction of sp³-hybridized carbons (Fsp3) is 0.750. The normalized spacial score (nSPS) is 43.5. The van der Waals surface area contributed by atoms with Crippen molar-refractivity contribution in [3.63, 3.8) is 0 Å². The SMILES string of the molecule is C=C1/C(=C\C=C2/CCC[C@@]3(C)C2CC[C@@H]3[C@H](C)CO)C[C@@H](C)C[C@@H]1C. The van der Waals surface area contributed by atoms with Crippen LogP contribution in [0.25, 0.3) is 0 Å². The molecule has 1 N–H and O–H groups in total. The third-order valence-electron chi connectivity index (χ3n) is 7.84. The van der Waals surface area contributed by atoms with E-state index in [1.54, 1.807) is 5.57 Å². The highest BCUT2D eigenvalue weighted by Gasteiger charge is 2.50. The zero-order valence-electron chi connectivity index (χ0n) is 16.9. The highest BCUT2D eigenvalue weighted by atomic mass is 16.3. The van der Waals surface area contributed by atoms with Crippen LogP contribution in [-0.4, -0.2) is 11.7 Å². The summed E-state index contributed by atoms with van der Waals surface area (Å²) in [6, 6.07) is 0. The van der Waals surface area contributed by atoms with E-state index >= 15 is 0 Å². The molecule has 0 aromatic rings. The molecule has 0 saturated heterocycles. The number of allylic oxidation sites excluding steroid dienone is 5. The zero-order chi connectivity index (χ0) is 18.2. The van der Waals surface area contributed by atoms with Gasteiger partial charge in [-0.3, -0.25) is 0 Å². The van der Waals surface area contributed by atoms with Gasteiger partial charge in [-0.15, -0.1) is 0 Å². The highest BCUT2D eigenvalue weighted by Crippen LogP contribution is 2.59. The molecule has 1 heteroatoms. The molecule has 0 heterocycles. The van der Waals surface area contributed by atoms with Crippen LogP contribution in [0.5, 0.6) is 0 Å². The quantitative estimate of drug-likeness (QED) is 0.637. The Hall–Kier alpha value is -0.820. The maximum absolute atomic E-state index is 9.68. The van der Waals surface area contributed by atoms with Crippen molar-refractivity contribution in [1.82, 2.24) is 0 Å². The summed E-state index contributed by atoms with van der Waals surface area (Å²) in [4.78, 5) is 0. The smallest absolute Gasteiger partial charge is 0.0459 e. The Bertz CT molecular complexity index is 569. The Morgan fingerprint density at radius 1 is 1.28 bits per heavy atom. The summed E-state index contributed by atoms with van der Waals surface area (Å²) in [6.07, 6.45) is 13.9. The van der Waals surface area contributed by atoms with Crippen LogP contribution < -0.4 is 0 Å². The summed E-state index contributed by atoms with van der Waals surface area (Å²) in [7, 11) is 0. The van der Waals surface area contributed by atoms with Crippen molar-refractivity contribution in [2.24, 2.45) is 35.0 Å². The summed E-state index contributed by atoms with van der Waals surface area (Å²) < 4.78 is 0. The third kappa shape index (κ3) is 3.54. The number of hydrogen-bond acceptors (Lipinski definition) is 1. The van der Waals surface area contributed by atoms with E-state index in [2.05, 4.69) is 46.4 Å². The van der Waals surface area contributed by atoms with Crippen LogP contribution in [0.1, 0.15) is 72.6 Å². The van der Waals surface area contributed by atoms with Crippen molar-refractivity contribution < 1.29 is 5.11 Å². The van der Waals surface area contributed by atoms with Gasteiger partial charge in [-0.05, 0) is 91.1 Å². The second-order valence-corrected chi connectivity index (χ2v) is 9.66. The Balaban J connectivity index is 1.82. The first-order valence-corrected chi connectivity index (χ1v) is 10.6. The van der Waals surface area contributed by atoms with Gasteiger partial charge in [-0.1, -0.05) is 52.0 Å². The van der Waals surface area contributed by atoms with Crippen molar-refractivity contribution in [3.8, 4) is 0 Å². The largest absolute Gasteiger partial charge is 0.396 e. The van der Waals surface area contributed by atoms with E-state index in [1.165, 1.54) is 56.1 Å². The number of rotatable bonds is 3. The van der Waals surface area contributed by atoms with Gasteiger partial charge in [0.1, 0.15) is 0 Å². The lowest BCUT2D eigenvalue weighted by Crippen LogP contribution is -2.36. The third-order valence-corrected chi connectivity index (χ3v) is 7.84. The van der Waals surface area contributed by atoms with Crippen LogP contribution in [0.4, 0.5) is 0 Å². The molecule has 1 nitrogen and oxygen atoms in total. The molecule has 0 aliphatic heterocycles. The summed E-state index contributed by atoms with van der Waals surface area (Å²) in [6.45, 7) is 14.2. The van der Waals surface area contributed by atoms with Gasteiger partial charge < -0.3 is 5.11 Å². The lowest BCUT2D eigenvalue weighted by molar-refractivity contribution is 0.0690. The molecular weight excluding hydrogens is 304 g/mol. The van der Waals surface area contributed by atoms with E-state index in [0.29, 0.717) is 29.8 Å². The van der Waals surface area contributed by atoms with Gasteiger partial charge in [0, 0.05) is 6.61 Å². The highest BCUT2D eigenvalue weighted by molar-refractivity contribution is 5.37. The summed E-state index contributed by atoms with van der Waals surface area (Å²) in [5, 5.41) is 9.68. The Morgan fingerprint density at radius 3 is 2.76 bits per heavy atom. The van der Waals surface area contributed by atoms with E-state index in [0.717, 1.165) is 11.8 Å². The fourth-order valence-corrected chi connectivity index (χ4v) is 6.38. The standard InChI is InChI=1S/C24H38O/c1-16-13-17(2)19(4)21(14-16)9-8-20-7-6-12-24(5)22(18(3)15-25)10-11-23(20)24/h8-9,16-18,22-23,25H,4,6-7,10-15H2,1-3,5H3/b20-8+,21-9-/t16-,17-,18+,22+,23?,24+/m0/s1. The van der Waals surface area contributed by atoms with Crippen LogP contribution in [0.2, 0.25) is 0 Å². The summed E-state index contributed by atoms with van der Waals surface area (Å²) >= 11 is 0. The Labute approximate surface area is 155 Å². The minimum Gasteiger partial charge on any atom is -0.396 e. The zero-order valence-corrected chi connectivity index (χ0v) is 16.9. The molecule has 25 heavy (non-hydrogen) atoms.